The fraction of sp³-hybridized carbons (Fsp3) is 0.529. The first-order chi connectivity index (χ1) is 11.1. The van der Waals surface area contributed by atoms with Crippen LogP contribution < -0.4 is 20.7 Å². The number of carbonyl (C=O) groups excluding carboxylic acids is 2. The molecule has 1 fully saturated rings. The summed E-state index contributed by atoms with van der Waals surface area (Å²) >= 11 is 0. The van der Waals surface area contributed by atoms with Crippen molar-refractivity contribution >= 4 is 29.9 Å². The second-order valence-electron chi connectivity index (χ2n) is 5.89. The van der Waals surface area contributed by atoms with Crippen molar-refractivity contribution in [2.75, 3.05) is 25.5 Å². The van der Waals surface area contributed by atoms with Gasteiger partial charge in [-0.15, -0.1) is 12.4 Å². The molecule has 0 aromatic heterocycles. The Hall–Kier alpha value is -1.79. The minimum absolute atomic E-state index is 0. The smallest absolute Gasteiger partial charge is 0.221 e. The maximum Gasteiger partial charge on any atom is 0.221 e. The van der Waals surface area contributed by atoms with Crippen molar-refractivity contribution in [1.82, 2.24) is 10.6 Å². The van der Waals surface area contributed by atoms with Crippen molar-refractivity contribution in [3.8, 4) is 5.75 Å². The van der Waals surface area contributed by atoms with E-state index >= 15 is 0 Å². The zero-order valence-corrected chi connectivity index (χ0v) is 15.0. The minimum Gasteiger partial charge on any atom is -0.495 e. The second-order valence-corrected chi connectivity index (χ2v) is 5.89. The first-order valence-corrected chi connectivity index (χ1v) is 8.00. The molecule has 1 unspecified atom stereocenters. The summed E-state index contributed by atoms with van der Waals surface area (Å²) in [5.41, 5.74) is 1.54. The van der Waals surface area contributed by atoms with Gasteiger partial charge in [-0.1, -0.05) is 6.07 Å². The Bertz CT molecular complexity index is 560. The minimum atomic E-state index is -0.158. The van der Waals surface area contributed by atoms with E-state index in [-0.39, 0.29) is 24.2 Å². The highest BCUT2D eigenvalue weighted by Crippen LogP contribution is 2.25. The third kappa shape index (κ3) is 6.37. The summed E-state index contributed by atoms with van der Waals surface area (Å²) in [6, 6.07) is 5.49. The lowest BCUT2D eigenvalue weighted by molar-refractivity contribution is -0.121. The molecule has 1 aromatic rings. The summed E-state index contributed by atoms with van der Waals surface area (Å²) in [6.07, 6.45) is 2.64. The Morgan fingerprint density at radius 2 is 2.17 bits per heavy atom. The molecule has 6 nitrogen and oxygen atoms in total. The fourth-order valence-corrected chi connectivity index (χ4v) is 2.74. The van der Waals surface area contributed by atoms with Crippen LogP contribution in [0.3, 0.4) is 0 Å². The second kappa shape index (κ2) is 10.2. The number of nitrogens with one attached hydrogen (secondary N) is 3. The molecule has 3 N–H and O–H groups in total. The molecule has 2 rings (SSSR count). The van der Waals surface area contributed by atoms with Crippen LogP contribution in [0.4, 0.5) is 5.69 Å². The Labute approximate surface area is 149 Å². The molecule has 0 bridgehead atoms. The molecule has 0 spiro atoms. The summed E-state index contributed by atoms with van der Waals surface area (Å²) < 4.78 is 5.21. The van der Waals surface area contributed by atoms with E-state index in [0.717, 1.165) is 31.5 Å². The van der Waals surface area contributed by atoms with Gasteiger partial charge in [0, 0.05) is 19.9 Å². The van der Waals surface area contributed by atoms with E-state index in [4.69, 9.17) is 4.74 Å². The predicted molar refractivity (Wildman–Crippen MR) is 96.6 cm³/mol. The van der Waals surface area contributed by atoms with E-state index in [2.05, 4.69) is 16.0 Å². The molecule has 1 aliphatic heterocycles. The maximum absolute atomic E-state index is 11.9. The van der Waals surface area contributed by atoms with Crippen molar-refractivity contribution in [3.63, 3.8) is 0 Å². The Morgan fingerprint density at radius 3 is 2.79 bits per heavy atom. The number of hydrogen-bond donors (Lipinski definition) is 3. The number of anilines is 1. The Balaban J connectivity index is 0.00000288. The van der Waals surface area contributed by atoms with E-state index < -0.39 is 0 Å². The van der Waals surface area contributed by atoms with Gasteiger partial charge in [0.15, 0.2) is 0 Å². The number of hydrogen-bond acceptors (Lipinski definition) is 4. The van der Waals surface area contributed by atoms with Gasteiger partial charge >= 0.3 is 0 Å². The van der Waals surface area contributed by atoms with Crippen molar-refractivity contribution in [3.05, 3.63) is 23.8 Å². The Morgan fingerprint density at radius 1 is 1.38 bits per heavy atom. The van der Waals surface area contributed by atoms with Gasteiger partial charge in [-0.3, -0.25) is 9.59 Å². The van der Waals surface area contributed by atoms with Crippen LogP contribution in [-0.4, -0.2) is 32.0 Å². The van der Waals surface area contributed by atoms with E-state index in [1.54, 1.807) is 13.2 Å². The quantitative estimate of drug-likeness (QED) is 0.699. The monoisotopic (exact) mass is 355 g/mol. The lowest BCUT2D eigenvalue weighted by atomic mass is 10.0. The van der Waals surface area contributed by atoms with Gasteiger partial charge in [0.05, 0.1) is 12.8 Å². The molecule has 7 heteroatoms. The van der Waals surface area contributed by atoms with Crippen LogP contribution in [0, 0.1) is 5.92 Å². The number of rotatable bonds is 7. The molecule has 1 heterocycles. The van der Waals surface area contributed by atoms with E-state index in [1.165, 1.54) is 6.92 Å². The summed E-state index contributed by atoms with van der Waals surface area (Å²) in [6.45, 7) is 3.97. The largest absolute Gasteiger partial charge is 0.495 e. The SMILES string of the molecule is COc1ccc(CNC(=O)CCC2CCNC2)cc1NC(C)=O.Cl. The average molecular weight is 356 g/mol. The summed E-state index contributed by atoms with van der Waals surface area (Å²) in [5, 5.41) is 8.97. The van der Waals surface area contributed by atoms with Crippen LogP contribution in [0.15, 0.2) is 18.2 Å². The lowest BCUT2D eigenvalue weighted by Crippen LogP contribution is -2.23. The average Bonchev–Trinajstić information content (AvgIpc) is 3.04. The van der Waals surface area contributed by atoms with E-state index in [0.29, 0.717) is 30.3 Å². The highest BCUT2D eigenvalue weighted by molar-refractivity contribution is 5.90. The summed E-state index contributed by atoms with van der Waals surface area (Å²) in [5.74, 6) is 1.13. The highest BCUT2D eigenvalue weighted by Gasteiger charge is 2.15. The van der Waals surface area contributed by atoms with Crippen LogP contribution >= 0.6 is 12.4 Å². The maximum atomic E-state index is 11.9. The topological polar surface area (TPSA) is 79.5 Å². The van der Waals surface area contributed by atoms with Gasteiger partial charge < -0.3 is 20.7 Å². The molecule has 134 valence electrons. The number of benzene rings is 1. The molecular weight excluding hydrogens is 330 g/mol. The molecule has 0 radical (unpaired) electrons. The molecular formula is C17H26ClN3O3. The molecule has 2 amide bonds. The van der Waals surface area contributed by atoms with Gasteiger partial charge in [0.2, 0.25) is 11.8 Å². The van der Waals surface area contributed by atoms with Crippen molar-refractivity contribution in [2.45, 2.75) is 32.7 Å². The van der Waals surface area contributed by atoms with Crippen LogP contribution in [0.1, 0.15) is 31.7 Å². The first kappa shape index (κ1) is 20.3. The van der Waals surface area contributed by atoms with Crippen molar-refractivity contribution < 1.29 is 14.3 Å². The Kier molecular flexibility index (Phi) is 8.57. The van der Waals surface area contributed by atoms with Gasteiger partial charge in [0.1, 0.15) is 5.75 Å². The third-order valence-corrected chi connectivity index (χ3v) is 4.01. The van der Waals surface area contributed by atoms with Crippen LogP contribution in [0.5, 0.6) is 5.75 Å². The van der Waals surface area contributed by atoms with Gasteiger partial charge in [0.25, 0.3) is 0 Å². The molecule has 1 aromatic carbocycles. The number of amides is 2. The fourth-order valence-electron chi connectivity index (χ4n) is 2.74. The zero-order valence-electron chi connectivity index (χ0n) is 14.2. The molecule has 1 aliphatic rings. The molecule has 1 saturated heterocycles. The standard InChI is InChI=1S/C17H25N3O3.ClH/c1-12(21)20-15-9-14(3-5-16(15)23-2)11-19-17(22)6-4-13-7-8-18-10-13;/h3,5,9,13,18H,4,6-8,10-11H2,1-2H3,(H,19,22)(H,20,21);1H. The van der Waals surface area contributed by atoms with Gasteiger partial charge in [-0.25, -0.2) is 0 Å². The first-order valence-electron chi connectivity index (χ1n) is 8.00. The number of methoxy groups -OCH3 is 1. The van der Waals surface area contributed by atoms with E-state index in [9.17, 15) is 9.59 Å². The molecule has 1 atom stereocenters. The van der Waals surface area contributed by atoms with Gasteiger partial charge in [-0.2, -0.15) is 0 Å². The number of carbonyl (C=O) groups is 2. The summed E-state index contributed by atoms with van der Waals surface area (Å²) in [4.78, 5) is 23.2. The third-order valence-electron chi connectivity index (χ3n) is 4.01. The molecule has 0 saturated carbocycles. The normalized spacial score (nSPS) is 16.2. The van der Waals surface area contributed by atoms with Crippen molar-refractivity contribution in [1.29, 1.82) is 0 Å². The van der Waals surface area contributed by atoms with Crippen molar-refractivity contribution in [2.24, 2.45) is 5.92 Å². The van der Waals surface area contributed by atoms with Crippen LogP contribution in [0.25, 0.3) is 0 Å². The highest BCUT2D eigenvalue weighted by atomic mass is 35.5. The van der Waals surface area contributed by atoms with Crippen LogP contribution in [-0.2, 0) is 16.1 Å². The molecule has 24 heavy (non-hydrogen) atoms. The van der Waals surface area contributed by atoms with Crippen LogP contribution in [0.2, 0.25) is 0 Å². The molecule has 0 aliphatic carbocycles. The van der Waals surface area contributed by atoms with Gasteiger partial charge in [-0.05, 0) is 49.5 Å². The predicted octanol–water partition coefficient (Wildman–Crippen LogP) is 2.08. The lowest BCUT2D eigenvalue weighted by Gasteiger charge is -2.12. The zero-order chi connectivity index (χ0) is 16.7. The van der Waals surface area contributed by atoms with E-state index in [1.807, 2.05) is 12.1 Å². The number of halogens is 1. The number of ether oxygens (including phenoxy) is 1. The summed E-state index contributed by atoms with van der Waals surface area (Å²) in [7, 11) is 1.56.